The first-order chi connectivity index (χ1) is 9.61. The molecule has 4 heteroatoms. The summed E-state index contributed by atoms with van der Waals surface area (Å²) < 4.78 is 0. The number of rotatable bonds is 4. The molecule has 4 nitrogen and oxygen atoms in total. The molecule has 2 aromatic carbocycles. The van der Waals surface area contributed by atoms with Gasteiger partial charge in [-0.3, -0.25) is 4.79 Å². The molecule has 2 rings (SSSR count). The minimum Gasteiger partial charge on any atom is -0.545 e. The predicted octanol–water partition coefficient (Wildman–Crippen LogP) is 1.86. The average Bonchev–Trinajstić information content (AvgIpc) is 2.48. The number of aromatic carboxylic acids is 1. The predicted molar refractivity (Wildman–Crippen MR) is 74.5 cm³/mol. The number of benzene rings is 2. The van der Waals surface area contributed by atoms with Crippen LogP contribution in [0.3, 0.4) is 0 Å². The van der Waals surface area contributed by atoms with E-state index >= 15 is 0 Å². The third-order valence-corrected chi connectivity index (χ3v) is 3.01. The van der Waals surface area contributed by atoms with E-state index in [2.05, 4.69) is 5.32 Å². The fourth-order valence-corrected chi connectivity index (χ4v) is 1.88. The molecule has 0 aliphatic rings. The number of carbonyl (C=O) groups excluding carboxylic acids is 2. The highest BCUT2D eigenvalue weighted by atomic mass is 16.4. The van der Waals surface area contributed by atoms with Crippen LogP contribution < -0.4 is 10.4 Å². The van der Waals surface area contributed by atoms with Crippen molar-refractivity contribution in [1.29, 1.82) is 0 Å². The van der Waals surface area contributed by atoms with Crippen molar-refractivity contribution < 1.29 is 14.7 Å². The lowest BCUT2D eigenvalue weighted by Gasteiger charge is -2.11. The van der Waals surface area contributed by atoms with Crippen LogP contribution in [0.4, 0.5) is 5.69 Å². The minimum atomic E-state index is -1.36. The van der Waals surface area contributed by atoms with Crippen LogP contribution in [0.1, 0.15) is 33.2 Å². The number of aryl methyl sites for hydroxylation is 1. The summed E-state index contributed by atoms with van der Waals surface area (Å²) in [7, 11) is 0. The summed E-state index contributed by atoms with van der Waals surface area (Å²) in [5.74, 6) is -1.83. The highest BCUT2D eigenvalue weighted by molar-refractivity contribution is 6.10. The molecule has 0 radical (unpaired) electrons. The molecule has 0 unspecified atom stereocenters. The fourth-order valence-electron chi connectivity index (χ4n) is 1.88. The largest absolute Gasteiger partial charge is 0.545 e. The van der Waals surface area contributed by atoms with Gasteiger partial charge in [-0.05, 0) is 30.2 Å². The smallest absolute Gasteiger partial charge is 0.256 e. The van der Waals surface area contributed by atoms with Crippen molar-refractivity contribution in [2.24, 2.45) is 0 Å². The molecule has 0 heterocycles. The van der Waals surface area contributed by atoms with Crippen molar-refractivity contribution in [3.63, 3.8) is 0 Å². The topological polar surface area (TPSA) is 69.2 Å². The van der Waals surface area contributed by atoms with Gasteiger partial charge in [0.25, 0.3) is 5.91 Å². The number of carbonyl (C=O) groups is 2. The Balaban J connectivity index is 2.21. The first kappa shape index (κ1) is 13.8. The van der Waals surface area contributed by atoms with E-state index in [0.29, 0.717) is 5.69 Å². The van der Waals surface area contributed by atoms with Gasteiger partial charge in [0.2, 0.25) is 0 Å². The van der Waals surface area contributed by atoms with Crippen molar-refractivity contribution >= 4 is 17.6 Å². The summed E-state index contributed by atoms with van der Waals surface area (Å²) >= 11 is 0. The SMILES string of the molecule is CCc1ccc(NC(=O)c2ccccc2C(=O)[O-])cc1. The van der Waals surface area contributed by atoms with Crippen LogP contribution in [0.5, 0.6) is 0 Å². The molecular formula is C16H14NO3-. The van der Waals surface area contributed by atoms with Crippen molar-refractivity contribution in [2.75, 3.05) is 5.32 Å². The fraction of sp³-hybridized carbons (Fsp3) is 0.125. The Bertz CT molecular complexity index is 632. The van der Waals surface area contributed by atoms with Crippen LogP contribution in [-0.4, -0.2) is 11.9 Å². The Hall–Kier alpha value is -2.62. The monoisotopic (exact) mass is 268 g/mol. The highest BCUT2D eigenvalue weighted by Gasteiger charge is 2.11. The zero-order chi connectivity index (χ0) is 14.5. The number of hydrogen-bond acceptors (Lipinski definition) is 3. The first-order valence-electron chi connectivity index (χ1n) is 6.32. The lowest BCUT2D eigenvalue weighted by molar-refractivity contribution is -0.255. The Morgan fingerprint density at radius 3 is 2.15 bits per heavy atom. The summed E-state index contributed by atoms with van der Waals surface area (Å²) in [5, 5.41) is 13.6. The van der Waals surface area contributed by atoms with Gasteiger partial charge in [-0.25, -0.2) is 0 Å². The van der Waals surface area contributed by atoms with Crippen LogP contribution in [0.15, 0.2) is 48.5 Å². The molecule has 102 valence electrons. The number of anilines is 1. The van der Waals surface area contributed by atoms with Crippen LogP contribution in [0, 0.1) is 0 Å². The molecule has 0 aliphatic carbocycles. The molecule has 0 atom stereocenters. The second kappa shape index (κ2) is 6.02. The average molecular weight is 268 g/mol. The maximum absolute atomic E-state index is 12.1. The first-order valence-corrected chi connectivity index (χ1v) is 6.32. The standard InChI is InChI=1S/C16H15NO3/c1-2-11-7-9-12(10-8-11)17-15(18)13-5-3-4-6-14(13)16(19)20/h3-10H,2H2,1H3,(H,17,18)(H,19,20)/p-1. The molecule has 2 aromatic rings. The lowest BCUT2D eigenvalue weighted by Crippen LogP contribution is -2.26. The van der Waals surface area contributed by atoms with Crippen LogP contribution in [0.2, 0.25) is 0 Å². The summed E-state index contributed by atoms with van der Waals surface area (Å²) in [5.41, 5.74) is 1.76. The second-order valence-electron chi connectivity index (χ2n) is 4.34. The van der Waals surface area contributed by atoms with E-state index in [1.54, 1.807) is 24.3 Å². The Morgan fingerprint density at radius 1 is 1.00 bits per heavy atom. The van der Waals surface area contributed by atoms with E-state index < -0.39 is 11.9 Å². The maximum Gasteiger partial charge on any atom is 0.256 e. The molecule has 0 aromatic heterocycles. The van der Waals surface area contributed by atoms with Gasteiger partial charge < -0.3 is 15.2 Å². The summed E-state index contributed by atoms with van der Waals surface area (Å²) in [6, 6.07) is 13.4. The Kier molecular flexibility index (Phi) is 4.15. The second-order valence-corrected chi connectivity index (χ2v) is 4.34. The van der Waals surface area contributed by atoms with E-state index in [1.165, 1.54) is 12.1 Å². The molecule has 0 bridgehead atoms. The van der Waals surface area contributed by atoms with Crippen molar-refractivity contribution in [3.8, 4) is 0 Å². The molecule has 0 fully saturated rings. The van der Waals surface area contributed by atoms with Gasteiger partial charge in [-0.1, -0.05) is 37.3 Å². The Labute approximate surface area is 117 Å². The number of carboxylic acids is 1. The quantitative estimate of drug-likeness (QED) is 0.920. The molecule has 1 amide bonds. The van der Waals surface area contributed by atoms with Gasteiger partial charge in [0.15, 0.2) is 0 Å². The van der Waals surface area contributed by atoms with Gasteiger partial charge in [0.1, 0.15) is 0 Å². The number of carboxylic acid groups (broad SMARTS) is 1. The van der Waals surface area contributed by atoms with E-state index in [0.717, 1.165) is 12.0 Å². The van der Waals surface area contributed by atoms with E-state index in [-0.39, 0.29) is 11.1 Å². The minimum absolute atomic E-state index is 0.0899. The van der Waals surface area contributed by atoms with Crippen molar-refractivity contribution in [3.05, 3.63) is 65.2 Å². The molecule has 1 N–H and O–H groups in total. The third-order valence-electron chi connectivity index (χ3n) is 3.01. The van der Waals surface area contributed by atoms with E-state index in [4.69, 9.17) is 0 Å². The molecular weight excluding hydrogens is 254 g/mol. The summed E-state index contributed by atoms with van der Waals surface area (Å²) in [6.45, 7) is 2.05. The zero-order valence-corrected chi connectivity index (χ0v) is 11.1. The molecule has 0 aliphatic heterocycles. The molecule has 20 heavy (non-hydrogen) atoms. The van der Waals surface area contributed by atoms with Gasteiger partial charge in [0.05, 0.1) is 5.97 Å². The van der Waals surface area contributed by atoms with E-state index in [1.807, 2.05) is 19.1 Å². The number of nitrogens with one attached hydrogen (secondary N) is 1. The molecule has 0 spiro atoms. The summed E-state index contributed by atoms with van der Waals surface area (Å²) in [6.07, 6.45) is 0.918. The highest BCUT2D eigenvalue weighted by Crippen LogP contribution is 2.14. The normalized spacial score (nSPS) is 10.1. The lowest BCUT2D eigenvalue weighted by atomic mass is 10.1. The van der Waals surface area contributed by atoms with Gasteiger partial charge in [-0.15, -0.1) is 0 Å². The van der Waals surface area contributed by atoms with Gasteiger partial charge >= 0.3 is 0 Å². The van der Waals surface area contributed by atoms with Gasteiger partial charge in [-0.2, -0.15) is 0 Å². The third kappa shape index (κ3) is 3.03. The van der Waals surface area contributed by atoms with Crippen LogP contribution >= 0.6 is 0 Å². The molecule has 0 saturated heterocycles. The van der Waals surface area contributed by atoms with Gasteiger partial charge in [0, 0.05) is 16.8 Å². The van der Waals surface area contributed by atoms with Crippen LogP contribution in [0.25, 0.3) is 0 Å². The number of amides is 1. The van der Waals surface area contributed by atoms with Crippen LogP contribution in [-0.2, 0) is 6.42 Å². The summed E-state index contributed by atoms with van der Waals surface area (Å²) in [4.78, 5) is 23.1. The zero-order valence-electron chi connectivity index (χ0n) is 11.1. The van der Waals surface area contributed by atoms with E-state index in [9.17, 15) is 14.7 Å². The maximum atomic E-state index is 12.1. The molecule has 0 saturated carbocycles. The van der Waals surface area contributed by atoms with Crippen molar-refractivity contribution in [2.45, 2.75) is 13.3 Å². The van der Waals surface area contributed by atoms with Crippen molar-refractivity contribution in [1.82, 2.24) is 0 Å². The Morgan fingerprint density at radius 2 is 1.60 bits per heavy atom. The number of hydrogen-bond donors (Lipinski definition) is 1.